The molecule has 0 unspecified atom stereocenters. The molecular weight excluding hydrogens is 415 g/mol. The van der Waals surface area contributed by atoms with Gasteiger partial charge in [0.1, 0.15) is 0 Å². The van der Waals surface area contributed by atoms with Crippen molar-refractivity contribution in [2.45, 2.75) is 20.4 Å². The molecular formula is C15H28ClIN4O. The fourth-order valence-electron chi connectivity index (χ4n) is 1.98. The summed E-state index contributed by atoms with van der Waals surface area (Å²) in [5, 5.41) is 4.05. The molecule has 1 rings (SSSR count). The van der Waals surface area contributed by atoms with Gasteiger partial charge in [-0.2, -0.15) is 0 Å². The van der Waals surface area contributed by atoms with E-state index in [0.717, 1.165) is 36.4 Å². The predicted octanol–water partition coefficient (Wildman–Crippen LogP) is 2.98. The lowest BCUT2D eigenvalue weighted by atomic mass is 10.2. The number of guanidine groups is 1. The first kappa shape index (κ1) is 21.5. The minimum absolute atomic E-state index is 0. The van der Waals surface area contributed by atoms with Crippen molar-refractivity contribution in [1.29, 1.82) is 0 Å². The zero-order valence-electron chi connectivity index (χ0n) is 14.1. The largest absolute Gasteiger partial charge is 0.379 e. The van der Waals surface area contributed by atoms with Gasteiger partial charge in [0, 0.05) is 46.2 Å². The molecule has 0 amide bonds. The number of aromatic nitrogens is 1. The smallest absolute Gasteiger partial charge is 0.193 e. The Morgan fingerprint density at radius 1 is 1.50 bits per heavy atom. The monoisotopic (exact) mass is 442 g/mol. The van der Waals surface area contributed by atoms with Crippen molar-refractivity contribution in [1.82, 2.24) is 14.8 Å². The van der Waals surface area contributed by atoms with Crippen LogP contribution in [0.3, 0.4) is 0 Å². The molecule has 0 aliphatic rings. The molecule has 7 heteroatoms. The molecule has 0 spiro atoms. The van der Waals surface area contributed by atoms with Crippen molar-refractivity contribution in [2.75, 3.05) is 33.9 Å². The van der Waals surface area contributed by atoms with Crippen LogP contribution in [0.5, 0.6) is 0 Å². The zero-order valence-corrected chi connectivity index (χ0v) is 17.2. The molecule has 0 saturated carbocycles. The minimum atomic E-state index is 0. The average molecular weight is 443 g/mol. The number of ether oxygens (including phenoxy) is 1. The number of rotatable bonds is 7. The summed E-state index contributed by atoms with van der Waals surface area (Å²) >= 11 is 6.00. The van der Waals surface area contributed by atoms with Gasteiger partial charge in [0.25, 0.3) is 0 Å². The summed E-state index contributed by atoms with van der Waals surface area (Å²) in [6, 6.07) is 1.97. The Labute approximate surface area is 156 Å². The van der Waals surface area contributed by atoms with Gasteiger partial charge in [-0.1, -0.05) is 25.4 Å². The number of hydrogen-bond acceptors (Lipinski definition) is 2. The van der Waals surface area contributed by atoms with E-state index in [4.69, 9.17) is 16.3 Å². The predicted molar refractivity (Wildman–Crippen MR) is 104 cm³/mol. The van der Waals surface area contributed by atoms with Gasteiger partial charge >= 0.3 is 0 Å². The molecule has 128 valence electrons. The highest BCUT2D eigenvalue weighted by atomic mass is 127. The summed E-state index contributed by atoms with van der Waals surface area (Å²) in [5.74, 6) is 1.41. The first-order valence-electron chi connectivity index (χ1n) is 7.24. The summed E-state index contributed by atoms with van der Waals surface area (Å²) in [4.78, 5) is 6.35. The fraction of sp³-hybridized carbons (Fsp3) is 0.667. The van der Waals surface area contributed by atoms with Crippen LogP contribution in [0.1, 0.15) is 19.5 Å². The molecule has 0 saturated heterocycles. The molecule has 22 heavy (non-hydrogen) atoms. The van der Waals surface area contributed by atoms with Gasteiger partial charge in [-0.05, 0) is 12.0 Å². The molecule has 1 aromatic rings. The lowest BCUT2D eigenvalue weighted by Gasteiger charge is -2.22. The van der Waals surface area contributed by atoms with Crippen LogP contribution in [-0.2, 0) is 18.3 Å². The third kappa shape index (κ3) is 7.69. The summed E-state index contributed by atoms with van der Waals surface area (Å²) < 4.78 is 7.58. The summed E-state index contributed by atoms with van der Waals surface area (Å²) in [6.07, 6.45) is 1.90. The van der Waals surface area contributed by atoms with E-state index >= 15 is 0 Å². The topological polar surface area (TPSA) is 41.8 Å². The van der Waals surface area contributed by atoms with Crippen LogP contribution < -0.4 is 5.32 Å². The normalized spacial score (nSPS) is 11.5. The van der Waals surface area contributed by atoms with E-state index in [9.17, 15) is 0 Å². The first-order chi connectivity index (χ1) is 9.93. The Kier molecular flexibility index (Phi) is 10.9. The SMILES string of the molecule is CN=C(NCCOCC(C)C)N(C)Cc1cc(Cl)cn1C.I. The lowest BCUT2D eigenvalue weighted by Crippen LogP contribution is -2.40. The number of nitrogens with one attached hydrogen (secondary N) is 1. The lowest BCUT2D eigenvalue weighted by molar-refractivity contribution is 0.114. The van der Waals surface area contributed by atoms with Gasteiger partial charge in [0.2, 0.25) is 0 Å². The Hall–Kier alpha value is -0.470. The Balaban J connectivity index is 0.00000441. The second kappa shape index (κ2) is 11.1. The molecule has 0 aliphatic carbocycles. The molecule has 0 aliphatic heterocycles. The fourth-order valence-corrected chi connectivity index (χ4v) is 2.25. The average Bonchev–Trinajstić information content (AvgIpc) is 2.71. The van der Waals surface area contributed by atoms with Crippen LogP contribution >= 0.6 is 35.6 Å². The highest BCUT2D eigenvalue weighted by molar-refractivity contribution is 14.0. The van der Waals surface area contributed by atoms with Gasteiger partial charge < -0.3 is 19.5 Å². The molecule has 0 radical (unpaired) electrons. The van der Waals surface area contributed by atoms with E-state index in [-0.39, 0.29) is 24.0 Å². The van der Waals surface area contributed by atoms with Crippen LogP contribution in [0.15, 0.2) is 17.3 Å². The molecule has 0 bridgehead atoms. The van der Waals surface area contributed by atoms with Gasteiger partial charge in [0.15, 0.2) is 5.96 Å². The number of hydrogen-bond donors (Lipinski definition) is 1. The number of nitrogens with zero attached hydrogens (tertiary/aromatic N) is 3. The van der Waals surface area contributed by atoms with Gasteiger partial charge in [-0.25, -0.2) is 0 Å². The Bertz CT molecular complexity index is 462. The maximum atomic E-state index is 6.00. The van der Waals surface area contributed by atoms with Crippen LogP contribution in [0.4, 0.5) is 0 Å². The quantitative estimate of drug-likeness (QED) is 0.305. The van der Waals surface area contributed by atoms with Crippen LogP contribution in [0.25, 0.3) is 0 Å². The molecule has 5 nitrogen and oxygen atoms in total. The maximum Gasteiger partial charge on any atom is 0.193 e. The van der Waals surface area contributed by atoms with Crippen LogP contribution in [-0.4, -0.2) is 49.3 Å². The molecule has 1 aromatic heterocycles. The van der Waals surface area contributed by atoms with Gasteiger partial charge in [-0.3, -0.25) is 4.99 Å². The standard InChI is InChI=1S/C15H27ClN4O.HI/c1-12(2)11-21-7-6-18-15(17-3)20(5)10-14-8-13(16)9-19(14)4;/h8-9,12H,6-7,10-11H2,1-5H3,(H,17,18);1H. The first-order valence-corrected chi connectivity index (χ1v) is 7.62. The second-order valence-electron chi connectivity index (χ2n) is 5.56. The van der Waals surface area contributed by atoms with Crippen molar-refractivity contribution < 1.29 is 4.74 Å². The van der Waals surface area contributed by atoms with Crippen molar-refractivity contribution >= 4 is 41.5 Å². The Morgan fingerprint density at radius 3 is 2.68 bits per heavy atom. The number of halogens is 2. The number of aliphatic imine (C=N–C) groups is 1. The maximum absolute atomic E-state index is 6.00. The third-order valence-electron chi connectivity index (χ3n) is 3.03. The van der Waals surface area contributed by atoms with E-state index in [1.54, 1.807) is 7.05 Å². The van der Waals surface area contributed by atoms with Crippen molar-refractivity contribution in [2.24, 2.45) is 18.0 Å². The zero-order chi connectivity index (χ0) is 15.8. The second-order valence-corrected chi connectivity index (χ2v) is 6.00. The summed E-state index contributed by atoms with van der Waals surface area (Å²) in [5.41, 5.74) is 1.14. The van der Waals surface area contributed by atoms with E-state index in [1.807, 2.05) is 30.9 Å². The molecule has 1 heterocycles. The van der Waals surface area contributed by atoms with Gasteiger partial charge in [-0.15, -0.1) is 24.0 Å². The van der Waals surface area contributed by atoms with E-state index in [0.29, 0.717) is 12.5 Å². The minimum Gasteiger partial charge on any atom is -0.379 e. The molecule has 1 N–H and O–H groups in total. The van der Waals surface area contributed by atoms with E-state index in [1.165, 1.54) is 0 Å². The number of aryl methyl sites for hydroxylation is 1. The van der Waals surface area contributed by atoms with E-state index in [2.05, 4.69) is 29.1 Å². The van der Waals surface area contributed by atoms with Crippen molar-refractivity contribution in [3.05, 3.63) is 23.0 Å². The van der Waals surface area contributed by atoms with E-state index < -0.39 is 0 Å². The van der Waals surface area contributed by atoms with Gasteiger partial charge in [0.05, 0.1) is 18.2 Å². The highest BCUT2D eigenvalue weighted by Crippen LogP contribution is 2.14. The third-order valence-corrected chi connectivity index (χ3v) is 3.23. The molecule has 0 atom stereocenters. The van der Waals surface area contributed by atoms with Crippen molar-refractivity contribution in [3.8, 4) is 0 Å². The van der Waals surface area contributed by atoms with Crippen molar-refractivity contribution in [3.63, 3.8) is 0 Å². The summed E-state index contributed by atoms with van der Waals surface area (Å²) in [6.45, 7) is 7.25. The Morgan fingerprint density at radius 2 is 2.18 bits per heavy atom. The molecule has 0 fully saturated rings. The molecule has 0 aromatic carbocycles. The summed E-state index contributed by atoms with van der Waals surface area (Å²) in [7, 11) is 5.78. The van der Waals surface area contributed by atoms with Crippen LogP contribution in [0, 0.1) is 5.92 Å². The highest BCUT2D eigenvalue weighted by Gasteiger charge is 2.09. The van der Waals surface area contributed by atoms with Crippen LogP contribution in [0.2, 0.25) is 5.02 Å².